The van der Waals surface area contributed by atoms with E-state index in [1.807, 2.05) is 30.3 Å². The predicted octanol–water partition coefficient (Wildman–Crippen LogP) is 4.66. The van der Waals surface area contributed by atoms with Crippen molar-refractivity contribution in [3.8, 4) is 0 Å². The van der Waals surface area contributed by atoms with Crippen molar-refractivity contribution in [1.82, 2.24) is 10.2 Å². The first-order valence-corrected chi connectivity index (χ1v) is 13.1. The zero-order chi connectivity index (χ0) is 22.9. The average molecular weight is 465 g/mol. The standard InChI is InChI=1S/C27H32N2O3S/c30-27(26-13-12-24(32-26)21-33(31)25-10-5-2-6-11-25)28-16-7-17-29-18-14-23(15-19-29)20-22-8-3-1-4-9-22/h1-6,8-13,23H,7,14-21H2,(H,28,30). The summed E-state index contributed by atoms with van der Waals surface area (Å²) in [6, 6.07) is 23.4. The Labute approximate surface area is 198 Å². The molecule has 1 amide bonds. The Bertz CT molecular complexity index is 1030. The first kappa shape index (κ1) is 23.5. The molecular formula is C27H32N2O3S. The molecule has 0 radical (unpaired) electrons. The summed E-state index contributed by atoms with van der Waals surface area (Å²) in [5.74, 6) is 1.65. The quantitative estimate of drug-likeness (QED) is 0.443. The number of hydrogen-bond donors (Lipinski definition) is 1. The molecule has 174 valence electrons. The molecule has 6 heteroatoms. The minimum atomic E-state index is -1.19. The van der Waals surface area contributed by atoms with Crippen molar-refractivity contribution in [2.24, 2.45) is 5.92 Å². The smallest absolute Gasteiger partial charge is 0.286 e. The maximum Gasteiger partial charge on any atom is 0.286 e. The second-order valence-corrected chi connectivity index (χ2v) is 10.1. The molecule has 2 heterocycles. The molecule has 5 nitrogen and oxygen atoms in total. The number of carbonyl (C=O) groups is 1. The molecule has 1 saturated heterocycles. The Balaban J connectivity index is 1.12. The number of piperidine rings is 1. The van der Waals surface area contributed by atoms with Crippen molar-refractivity contribution in [3.63, 3.8) is 0 Å². The van der Waals surface area contributed by atoms with Crippen LogP contribution in [0.15, 0.2) is 82.1 Å². The monoisotopic (exact) mass is 464 g/mol. The third-order valence-electron chi connectivity index (χ3n) is 6.18. The molecule has 1 fully saturated rings. The van der Waals surface area contributed by atoms with Crippen molar-refractivity contribution in [2.75, 3.05) is 26.2 Å². The largest absolute Gasteiger partial charge is 0.455 e. The molecule has 1 N–H and O–H groups in total. The highest BCUT2D eigenvalue weighted by Gasteiger charge is 2.19. The van der Waals surface area contributed by atoms with Gasteiger partial charge < -0.3 is 14.6 Å². The second-order valence-electron chi connectivity index (χ2n) is 8.65. The summed E-state index contributed by atoms with van der Waals surface area (Å²) in [7, 11) is -1.19. The third-order valence-corrected chi connectivity index (χ3v) is 7.52. The number of amides is 1. The number of nitrogens with zero attached hydrogens (tertiary/aromatic N) is 1. The molecular weight excluding hydrogens is 432 g/mol. The topological polar surface area (TPSA) is 62.6 Å². The van der Waals surface area contributed by atoms with Gasteiger partial charge in [0.1, 0.15) is 5.76 Å². The highest BCUT2D eigenvalue weighted by molar-refractivity contribution is 7.84. The molecule has 1 unspecified atom stereocenters. The van der Waals surface area contributed by atoms with Gasteiger partial charge in [0.25, 0.3) is 5.91 Å². The van der Waals surface area contributed by atoms with Gasteiger partial charge in [0, 0.05) is 11.4 Å². The van der Waals surface area contributed by atoms with Crippen LogP contribution >= 0.6 is 0 Å². The summed E-state index contributed by atoms with van der Waals surface area (Å²) in [6.45, 7) is 3.88. The molecule has 1 aromatic heterocycles. The van der Waals surface area contributed by atoms with Crippen LogP contribution in [0, 0.1) is 5.92 Å². The molecule has 0 bridgehead atoms. The van der Waals surface area contributed by atoms with E-state index in [4.69, 9.17) is 4.42 Å². The summed E-state index contributed by atoms with van der Waals surface area (Å²) in [6.07, 6.45) is 4.57. The van der Waals surface area contributed by atoms with Crippen molar-refractivity contribution in [1.29, 1.82) is 0 Å². The first-order chi connectivity index (χ1) is 16.2. The van der Waals surface area contributed by atoms with Crippen LogP contribution in [0.3, 0.4) is 0 Å². The van der Waals surface area contributed by atoms with Gasteiger partial charge in [-0.25, -0.2) is 0 Å². The Morgan fingerprint density at radius 1 is 0.970 bits per heavy atom. The lowest BCUT2D eigenvalue weighted by Gasteiger charge is -2.32. The minimum absolute atomic E-state index is 0.215. The highest BCUT2D eigenvalue weighted by Crippen LogP contribution is 2.21. The molecule has 0 aliphatic carbocycles. The van der Waals surface area contributed by atoms with Crippen LogP contribution in [0.1, 0.15) is 41.1 Å². The second kappa shape index (κ2) is 12.0. The fourth-order valence-electron chi connectivity index (χ4n) is 4.32. The van der Waals surface area contributed by atoms with Crippen LogP contribution in [-0.4, -0.2) is 41.2 Å². The van der Waals surface area contributed by atoms with Crippen LogP contribution in [0.25, 0.3) is 0 Å². The molecule has 0 spiro atoms. The summed E-state index contributed by atoms with van der Waals surface area (Å²) in [4.78, 5) is 15.6. The van der Waals surface area contributed by atoms with Crippen molar-refractivity contribution in [2.45, 2.75) is 36.3 Å². The predicted molar refractivity (Wildman–Crippen MR) is 132 cm³/mol. The molecule has 1 aliphatic heterocycles. The average Bonchev–Trinajstić information content (AvgIpc) is 3.32. The molecule has 3 aromatic rings. The van der Waals surface area contributed by atoms with Crippen molar-refractivity contribution in [3.05, 3.63) is 89.9 Å². The molecule has 2 aromatic carbocycles. The van der Waals surface area contributed by atoms with Crippen LogP contribution in [0.5, 0.6) is 0 Å². The Kier molecular flexibility index (Phi) is 8.50. The summed E-state index contributed by atoms with van der Waals surface area (Å²) >= 11 is 0. The molecule has 1 aliphatic rings. The van der Waals surface area contributed by atoms with E-state index in [1.165, 1.54) is 24.8 Å². The van der Waals surface area contributed by atoms with E-state index in [0.29, 0.717) is 12.3 Å². The number of hydrogen-bond acceptors (Lipinski definition) is 4. The van der Waals surface area contributed by atoms with Gasteiger partial charge in [0.15, 0.2) is 5.76 Å². The normalized spacial score (nSPS) is 15.9. The van der Waals surface area contributed by atoms with Crippen LogP contribution in [0.2, 0.25) is 0 Å². The van der Waals surface area contributed by atoms with Crippen molar-refractivity contribution < 1.29 is 13.4 Å². The summed E-state index contributed by atoms with van der Waals surface area (Å²) in [5.41, 5.74) is 1.44. The van der Waals surface area contributed by atoms with E-state index < -0.39 is 10.8 Å². The first-order valence-electron chi connectivity index (χ1n) is 11.7. The lowest BCUT2D eigenvalue weighted by atomic mass is 9.90. The SMILES string of the molecule is O=C(NCCCN1CCC(Cc2ccccc2)CC1)c1ccc(CS(=O)c2ccccc2)o1. The number of nitrogens with one attached hydrogen (secondary N) is 1. The van der Waals surface area contributed by atoms with Gasteiger partial charge in [-0.3, -0.25) is 9.00 Å². The van der Waals surface area contributed by atoms with Crippen LogP contribution < -0.4 is 5.32 Å². The number of carbonyl (C=O) groups excluding carboxylic acids is 1. The number of benzene rings is 2. The molecule has 33 heavy (non-hydrogen) atoms. The van der Waals surface area contributed by atoms with E-state index in [9.17, 15) is 9.00 Å². The van der Waals surface area contributed by atoms with E-state index in [2.05, 4.69) is 40.5 Å². The van der Waals surface area contributed by atoms with Gasteiger partial charge in [-0.05, 0) is 81.1 Å². The zero-order valence-electron chi connectivity index (χ0n) is 18.9. The van der Waals surface area contributed by atoms with E-state index >= 15 is 0 Å². The minimum Gasteiger partial charge on any atom is -0.455 e. The maximum atomic E-state index is 12.4. The van der Waals surface area contributed by atoms with Gasteiger partial charge in [-0.2, -0.15) is 0 Å². The van der Waals surface area contributed by atoms with E-state index in [0.717, 1.165) is 36.9 Å². The van der Waals surface area contributed by atoms with Crippen molar-refractivity contribution >= 4 is 16.7 Å². The van der Waals surface area contributed by atoms with E-state index in [1.54, 1.807) is 12.1 Å². The van der Waals surface area contributed by atoms with Gasteiger partial charge in [-0.1, -0.05) is 48.5 Å². The summed E-state index contributed by atoms with van der Waals surface area (Å²) < 4.78 is 18.0. The van der Waals surface area contributed by atoms with Gasteiger partial charge in [0.05, 0.1) is 16.6 Å². The number of furan rings is 1. The number of likely N-dealkylation sites (tertiary alicyclic amines) is 1. The fourth-order valence-corrected chi connectivity index (χ4v) is 5.36. The lowest BCUT2D eigenvalue weighted by Crippen LogP contribution is -2.36. The zero-order valence-corrected chi connectivity index (χ0v) is 19.8. The Morgan fingerprint density at radius 2 is 1.67 bits per heavy atom. The maximum absolute atomic E-state index is 12.4. The van der Waals surface area contributed by atoms with E-state index in [-0.39, 0.29) is 17.4 Å². The molecule has 0 saturated carbocycles. The van der Waals surface area contributed by atoms with Crippen LogP contribution in [-0.2, 0) is 23.0 Å². The Morgan fingerprint density at radius 3 is 2.39 bits per heavy atom. The third kappa shape index (κ3) is 7.14. The highest BCUT2D eigenvalue weighted by atomic mass is 32.2. The lowest BCUT2D eigenvalue weighted by molar-refractivity contribution is 0.0921. The van der Waals surface area contributed by atoms with Gasteiger partial charge in [-0.15, -0.1) is 0 Å². The summed E-state index contributed by atoms with van der Waals surface area (Å²) in [5, 5.41) is 2.94. The molecule has 1 atom stereocenters. The Hall–Kier alpha value is -2.70. The van der Waals surface area contributed by atoms with Gasteiger partial charge in [0.2, 0.25) is 0 Å². The number of rotatable bonds is 10. The van der Waals surface area contributed by atoms with Crippen LogP contribution in [0.4, 0.5) is 0 Å². The van der Waals surface area contributed by atoms with Gasteiger partial charge >= 0.3 is 0 Å². The fraction of sp³-hybridized carbons (Fsp3) is 0.370. The molecule has 4 rings (SSSR count).